The zero-order chi connectivity index (χ0) is 15.9. The Balaban J connectivity index is 1.90. The third kappa shape index (κ3) is 4.18. The summed E-state index contributed by atoms with van der Waals surface area (Å²) in [5.74, 6) is -1.44. The van der Waals surface area contributed by atoms with Gasteiger partial charge in [-0.25, -0.2) is 8.78 Å². The number of carbonyl (C=O) groups excluding carboxylic acids is 1. The molecule has 0 aliphatic carbocycles. The molecule has 116 valence electrons. The fourth-order valence-electron chi connectivity index (χ4n) is 1.82. The highest BCUT2D eigenvalue weighted by Crippen LogP contribution is 2.18. The van der Waals surface area contributed by atoms with E-state index in [1.165, 1.54) is 6.07 Å². The predicted octanol–water partition coefficient (Wildman–Crippen LogP) is 3.41. The molecule has 0 saturated carbocycles. The highest BCUT2D eigenvalue weighted by atomic mass is 19.1. The molecule has 0 spiro atoms. The van der Waals surface area contributed by atoms with Crippen LogP contribution in [0.4, 0.5) is 20.2 Å². The first-order valence-corrected chi connectivity index (χ1v) is 6.80. The van der Waals surface area contributed by atoms with Gasteiger partial charge in [0.1, 0.15) is 23.1 Å². The number of amides is 1. The van der Waals surface area contributed by atoms with Crippen molar-refractivity contribution in [1.29, 1.82) is 0 Å². The molecule has 2 aromatic carbocycles. The largest absolute Gasteiger partial charge is 0.494 e. The Kier molecular flexibility index (Phi) is 5.30. The third-order valence-corrected chi connectivity index (χ3v) is 2.85. The van der Waals surface area contributed by atoms with Crippen molar-refractivity contribution >= 4 is 17.3 Å². The van der Waals surface area contributed by atoms with E-state index in [1.807, 2.05) is 6.92 Å². The van der Waals surface area contributed by atoms with Crippen molar-refractivity contribution in [1.82, 2.24) is 0 Å². The minimum atomic E-state index is -0.811. The molecule has 0 aliphatic heterocycles. The quantitative estimate of drug-likeness (QED) is 0.860. The van der Waals surface area contributed by atoms with Crippen LogP contribution in [0.1, 0.15) is 6.92 Å². The molecular weight excluding hydrogens is 290 g/mol. The van der Waals surface area contributed by atoms with Crippen molar-refractivity contribution in [2.45, 2.75) is 6.92 Å². The first-order chi connectivity index (χ1) is 10.6. The van der Waals surface area contributed by atoms with E-state index in [1.54, 1.807) is 24.3 Å². The van der Waals surface area contributed by atoms with Crippen LogP contribution in [0, 0.1) is 11.6 Å². The average Bonchev–Trinajstić information content (AvgIpc) is 2.51. The molecular formula is C16H16F2N2O2. The van der Waals surface area contributed by atoms with Gasteiger partial charge in [0.25, 0.3) is 0 Å². The normalized spacial score (nSPS) is 10.1. The van der Waals surface area contributed by atoms with Crippen LogP contribution in [0.3, 0.4) is 0 Å². The summed E-state index contributed by atoms with van der Waals surface area (Å²) in [5, 5.41) is 5.06. The van der Waals surface area contributed by atoms with E-state index < -0.39 is 23.2 Å². The molecule has 0 aliphatic rings. The number of rotatable bonds is 6. The number of ether oxygens (including phenoxy) is 1. The zero-order valence-corrected chi connectivity index (χ0v) is 12.0. The minimum Gasteiger partial charge on any atom is -0.494 e. The number of nitrogens with one attached hydrogen (secondary N) is 2. The molecule has 1 amide bonds. The van der Waals surface area contributed by atoms with Crippen molar-refractivity contribution in [3.05, 3.63) is 54.1 Å². The highest BCUT2D eigenvalue weighted by Gasteiger charge is 2.11. The minimum absolute atomic E-state index is 0.109. The smallest absolute Gasteiger partial charge is 0.243 e. The van der Waals surface area contributed by atoms with E-state index >= 15 is 0 Å². The molecule has 2 aromatic rings. The molecule has 0 fully saturated rings. The van der Waals surface area contributed by atoms with Gasteiger partial charge in [-0.1, -0.05) is 6.07 Å². The first-order valence-electron chi connectivity index (χ1n) is 6.80. The molecule has 6 heteroatoms. The molecule has 2 rings (SSSR count). The lowest BCUT2D eigenvalue weighted by molar-refractivity contribution is -0.114. The van der Waals surface area contributed by atoms with E-state index in [0.717, 1.165) is 17.9 Å². The van der Waals surface area contributed by atoms with Crippen LogP contribution in [0.2, 0.25) is 0 Å². The molecule has 0 unspecified atom stereocenters. The molecule has 22 heavy (non-hydrogen) atoms. The summed E-state index contributed by atoms with van der Waals surface area (Å²) < 4.78 is 32.1. The maximum Gasteiger partial charge on any atom is 0.243 e. The lowest BCUT2D eigenvalue weighted by Gasteiger charge is -2.10. The van der Waals surface area contributed by atoms with Gasteiger partial charge in [-0.15, -0.1) is 0 Å². The Bertz CT molecular complexity index is 625. The number of carbonyl (C=O) groups is 1. The molecule has 0 saturated heterocycles. The zero-order valence-electron chi connectivity index (χ0n) is 12.0. The Labute approximate surface area is 127 Å². The van der Waals surface area contributed by atoms with Gasteiger partial charge in [0.15, 0.2) is 0 Å². The van der Waals surface area contributed by atoms with Crippen molar-refractivity contribution < 1.29 is 18.3 Å². The average molecular weight is 306 g/mol. The van der Waals surface area contributed by atoms with Crippen LogP contribution < -0.4 is 15.4 Å². The maximum atomic E-state index is 13.4. The predicted molar refractivity (Wildman–Crippen MR) is 81.1 cm³/mol. The van der Waals surface area contributed by atoms with Crippen LogP contribution in [-0.4, -0.2) is 19.1 Å². The van der Waals surface area contributed by atoms with E-state index in [-0.39, 0.29) is 6.54 Å². The van der Waals surface area contributed by atoms with E-state index in [2.05, 4.69) is 10.6 Å². The van der Waals surface area contributed by atoms with Crippen LogP contribution in [0.5, 0.6) is 5.75 Å². The topological polar surface area (TPSA) is 50.4 Å². The van der Waals surface area contributed by atoms with Gasteiger partial charge in [0.05, 0.1) is 13.2 Å². The molecule has 4 nitrogen and oxygen atoms in total. The second-order valence-electron chi connectivity index (χ2n) is 4.46. The number of anilines is 2. The Morgan fingerprint density at radius 3 is 2.32 bits per heavy atom. The first kappa shape index (κ1) is 15.8. The lowest BCUT2D eigenvalue weighted by atomic mass is 10.3. The van der Waals surface area contributed by atoms with Gasteiger partial charge >= 0.3 is 0 Å². The highest BCUT2D eigenvalue weighted by molar-refractivity contribution is 5.93. The summed E-state index contributed by atoms with van der Waals surface area (Å²) in [6, 6.07) is 10.4. The van der Waals surface area contributed by atoms with Crippen molar-refractivity contribution in [3.63, 3.8) is 0 Å². The molecule has 0 radical (unpaired) electrons. The molecule has 0 atom stereocenters. The summed E-state index contributed by atoms with van der Waals surface area (Å²) in [5.41, 5.74) is 0.258. The third-order valence-electron chi connectivity index (χ3n) is 2.85. The number of benzene rings is 2. The summed E-state index contributed by atoms with van der Waals surface area (Å²) in [7, 11) is 0. The lowest BCUT2D eigenvalue weighted by Crippen LogP contribution is -2.22. The van der Waals surface area contributed by atoms with Crippen molar-refractivity contribution in [3.8, 4) is 5.75 Å². The second kappa shape index (κ2) is 7.40. The van der Waals surface area contributed by atoms with Crippen molar-refractivity contribution in [2.24, 2.45) is 0 Å². The van der Waals surface area contributed by atoms with E-state index in [9.17, 15) is 13.6 Å². The molecule has 0 aromatic heterocycles. The Morgan fingerprint density at radius 1 is 1.09 bits per heavy atom. The fourth-order valence-corrected chi connectivity index (χ4v) is 1.82. The Morgan fingerprint density at radius 2 is 1.73 bits per heavy atom. The van der Waals surface area contributed by atoms with Crippen LogP contribution in [-0.2, 0) is 4.79 Å². The summed E-state index contributed by atoms with van der Waals surface area (Å²) in [6.07, 6.45) is 0. The number of halogens is 2. The second-order valence-corrected chi connectivity index (χ2v) is 4.46. The monoisotopic (exact) mass is 306 g/mol. The van der Waals surface area contributed by atoms with E-state index in [4.69, 9.17) is 4.74 Å². The molecule has 2 N–H and O–H groups in total. The number of hydrogen-bond donors (Lipinski definition) is 2. The fraction of sp³-hybridized carbons (Fsp3) is 0.188. The van der Waals surface area contributed by atoms with Crippen LogP contribution in [0.15, 0.2) is 42.5 Å². The summed E-state index contributed by atoms with van der Waals surface area (Å²) in [4.78, 5) is 11.7. The van der Waals surface area contributed by atoms with Crippen molar-refractivity contribution in [2.75, 3.05) is 23.8 Å². The standard InChI is InChI=1S/C16H16F2N2O2/c1-2-22-12-8-6-11(7-9-12)19-10-15(21)20-16-13(17)4-3-5-14(16)18/h3-9,19H,2,10H2,1H3,(H,20,21). The number of para-hydroxylation sites is 1. The number of hydrogen-bond acceptors (Lipinski definition) is 3. The summed E-state index contributed by atoms with van der Waals surface area (Å²) in [6.45, 7) is 2.35. The van der Waals surface area contributed by atoms with Gasteiger partial charge < -0.3 is 15.4 Å². The summed E-state index contributed by atoms with van der Waals surface area (Å²) >= 11 is 0. The van der Waals surface area contributed by atoms with Gasteiger partial charge in [-0.05, 0) is 43.3 Å². The Hall–Kier alpha value is -2.63. The van der Waals surface area contributed by atoms with Crippen LogP contribution >= 0.6 is 0 Å². The van der Waals surface area contributed by atoms with Gasteiger partial charge in [0.2, 0.25) is 5.91 Å². The van der Waals surface area contributed by atoms with Gasteiger partial charge in [-0.3, -0.25) is 4.79 Å². The maximum absolute atomic E-state index is 13.4. The molecule has 0 heterocycles. The van der Waals surface area contributed by atoms with Gasteiger partial charge in [0, 0.05) is 5.69 Å². The van der Waals surface area contributed by atoms with E-state index in [0.29, 0.717) is 12.3 Å². The molecule has 0 bridgehead atoms. The van der Waals surface area contributed by atoms with Gasteiger partial charge in [-0.2, -0.15) is 0 Å². The SMILES string of the molecule is CCOc1ccc(NCC(=O)Nc2c(F)cccc2F)cc1. The van der Waals surface area contributed by atoms with Crippen LogP contribution in [0.25, 0.3) is 0 Å².